The Morgan fingerprint density at radius 1 is 1.41 bits per heavy atom. The van der Waals surface area contributed by atoms with Gasteiger partial charge in [-0.2, -0.15) is 5.10 Å². The number of nitrogens with zero attached hydrogens (tertiary/aromatic N) is 3. The van der Waals surface area contributed by atoms with E-state index < -0.39 is 0 Å². The minimum absolute atomic E-state index is 0.720. The number of nitrogens with one attached hydrogen (secondary N) is 2. The molecular formula is C11H16N6. The fraction of sp³-hybridized carbons (Fsp3) is 0.364. The third-order valence-electron chi connectivity index (χ3n) is 2.49. The molecule has 0 unspecified atom stereocenters. The van der Waals surface area contributed by atoms with Crippen LogP contribution in [0.1, 0.15) is 17.9 Å². The van der Waals surface area contributed by atoms with Gasteiger partial charge in [0.1, 0.15) is 18.0 Å². The normalized spacial score (nSPS) is 10.4. The van der Waals surface area contributed by atoms with Crippen LogP contribution in [0.15, 0.2) is 18.5 Å². The number of H-pyrrole nitrogens is 1. The van der Waals surface area contributed by atoms with Gasteiger partial charge in [-0.3, -0.25) is 5.10 Å². The Kier molecular flexibility index (Phi) is 3.54. The van der Waals surface area contributed by atoms with Gasteiger partial charge in [0.25, 0.3) is 0 Å². The predicted octanol–water partition coefficient (Wildman–Crippen LogP) is 1.14. The first-order chi connectivity index (χ1) is 8.25. The molecule has 2 rings (SSSR count). The molecule has 0 bridgehead atoms. The number of nitrogen functional groups attached to an aromatic ring is 1. The van der Waals surface area contributed by atoms with Crippen molar-refractivity contribution >= 4 is 11.5 Å². The fourth-order valence-corrected chi connectivity index (χ4v) is 1.49. The summed E-state index contributed by atoms with van der Waals surface area (Å²) in [5, 5.41) is 9.88. The minimum atomic E-state index is 0.720. The summed E-state index contributed by atoms with van der Waals surface area (Å²) in [7, 11) is 0. The first kappa shape index (κ1) is 11.4. The average molecular weight is 232 g/mol. The van der Waals surface area contributed by atoms with Gasteiger partial charge < -0.3 is 11.1 Å². The number of aromatic amines is 1. The van der Waals surface area contributed by atoms with Crippen LogP contribution in [0.2, 0.25) is 0 Å². The molecule has 2 aromatic heterocycles. The molecule has 17 heavy (non-hydrogen) atoms. The van der Waals surface area contributed by atoms with Crippen LogP contribution in [0.5, 0.6) is 0 Å². The van der Waals surface area contributed by atoms with Gasteiger partial charge in [0, 0.05) is 13.0 Å². The third kappa shape index (κ3) is 3.17. The number of nitrogens with two attached hydrogens (primary N) is 1. The van der Waals surface area contributed by atoms with Crippen molar-refractivity contribution < 1.29 is 0 Å². The van der Waals surface area contributed by atoms with Gasteiger partial charge in [-0.05, 0) is 25.5 Å². The largest absolute Gasteiger partial charge is 0.397 e. The molecule has 0 aliphatic carbocycles. The van der Waals surface area contributed by atoms with Crippen LogP contribution in [0.25, 0.3) is 0 Å². The predicted molar refractivity (Wildman–Crippen MR) is 66.6 cm³/mol. The third-order valence-corrected chi connectivity index (χ3v) is 2.49. The number of aromatic nitrogens is 4. The van der Waals surface area contributed by atoms with Gasteiger partial charge in [0.05, 0.1) is 11.4 Å². The van der Waals surface area contributed by atoms with E-state index in [1.54, 1.807) is 0 Å². The summed E-state index contributed by atoms with van der Waals surface area (Å²) in [6.07, 6.45) is 3.37. The van der Waals surface area contributed by atoms with Crippen LogP contribution < -0.4 is 11.1 Å². The highest BCUT2D eigenvalue weighted by Crippen LogP contribution is 2.11. The maximum Gasteiger partial charge on any atom is 0.137 e. The molecule has 0 atom stereocenters. The number of hydrogen-bond donors (Lipinski definition) is 3. The van der Waals surface area contributed by atoms with Crippen molar-refractivity contribution in [3.8, 4) is 0 Å². The molecule has 0 saturated heterocycles. The molecule has 6 heteroatoms. The van der Waals surface area contributed by atoms with E-state index >= 15 is 0 Å². The van der Waals surface area contributed by atoms with Crippen molar-refractivity contribution in [1.29, 1.82) is 0 Å². The number of pyridine rings is 1. The Morgan fingerprint density at radius 3 is 3.00 bits per heavy atom. The second-order valence-electron chi connectivity index (χ2n) is 3.83. The highest BCUT2D eigenvalue weighted by molar-refractivity contribution is 5.48. The van der Waals surface area contributed by atoms with E-state index in [1.807, 2.05) is 19.1 Å². The Morgan fingerprint density at radius 2 is 2.29 bits per heavy atom. The van der Waals surface area contributed by atoms with Gasteiger partial charge in [-0.15, -0.1) is 0 Å². The Bertz CT molecular complexity index is 465. The summed E-state index contributed by atoms with van der Waals surface area (Å²) < 4.78 is 0. The molecule has 0 amide bonds. The maximum atomic E-state index is 5.70. The molecule has 90 valence electrons. The van der Waals surface area contributed by atoms with E-state index in [0.717, 1.165) is 42.4 Å². The van der Waals surface area contributed by atoms with E-state index in [-0.39, 0.29) is 0 Å². The number of hydrogen-bond acceptors (Lipinski definition) is 5. The summed E-state index contributed by atoms with van der Waals surface area (Å²) in [4.78, 5) is 8.40. The number of aryl methyl sites for hydroxylation is 2. The SMILES string of the molecule is Cc1nc(NCCCc2ncn[nH]2)ccc1N. The first-order valence-electron chi connectivity index (χ1n) is 5.57. The first-order valence-corrected chi connectivity index (χ1v) is 5.57. The zero-order valence-electron chi connectivity index (χ0n) is 9.77. The zero-order chi connectivity index (χ0) is 12.1. The topological polar surface area (TPSA) is 92.5 Å². The molecule has 0 aromatic carbocycles. The number of rotatable bonds is 5. The minimum Gasteiger partial charge on any atom is -0.397 e. The highest BCUT2D eigenvalue weighted by atomic mass is 15.2. The van der Waals surface area contributed by atoms with Gasteiger partial charge in [-0.25, -0.2) is 9.97 Å². The van der Waals surface area contributed by atoms with Crippen LogP contribution in [0.4, 0.5) is 11.5 Å². The highest BCUT2D eigenvalue weighted by Gasteiger charge is 1.99. The fourth-order valence-electron chi connectivity index (χ4n) is 1.49. The van der Waals surface area contributed by atoms with Crippen molar-refractivity contribution in [3.05, 3.63) is 30.0 Å². The van der Waals surface area contributed by atoms with Crippen LogP contribution in [-0.2, 0) is 6.42 Å². The summed E-state index contributed by atoms with van der Waals surface area (Å²) in [6.45, 7) is 2.74. The van der Waals surface area contributed by atoms with Crippen molar-refractivity contribution in [2.75, 3.05) is 17.6 Å². The standard InChI is InChI=1S/C11H16N6/c1-8-9(12)4-5-10(16-8)13-6-2-3-11-14-7-15-17-11/h4-5,7H,2-3,6,12H2,1H3,(H,13,16)(H,14,15,17). The molecular weight excluding hydrogens is 216 g/mol. The van der Waals surface area contributed by atoms with Crippen LogP contribution in [0, 0.1) is 6.92 Å². The van der Waals surface area contributed by atoms with E-state index in [4.69, 9.17) is 5.73 Å². The summed E-state index contributed by atoms with van der Waals surface area (Å²) >= 11 is 0. The molecule has 0 radical (unpaired) electrons. The Labute approximate surface area is 99.7 Å². The molecule has 2 heterocycles. The lowest BCUT2D eigenvalue weighted by molar-refractivity contribution is 0.803. The van der Waals surface area contributed by atoms with Crippen molar-refractivity contribution in [3.63, 3.8) is 0 Å². The maximum absolute atomic E-state index is 5.70. The van der Waals surface area contributed by atoms with Gasteiger partial charge in [0.15, 0.2) is 0 Å². The summed E-state index contributed by atoms with van der Waals surface area (Å²) in [5.74, 6) is 1.77. The molecule has 2 aromatic rings. The van der Waals surface area contributed by atoms with Crippen molar-refractivity contribution in [1.82, 2.24) is 20.2 Å². The lowest BCUT2D eigenvalue weighted by atomic mass is 10.3. The number of anilines is 2. The molecule has 0 aliphatic rings. The summed E-state index contributed by atoms with van der Waals surface area (Å²) in [5.41, 5.74) is 7.27. The van der Waals surface area contributed by atoms with Crippen molar-refractivity contribution in [2.24, 2.45) is 0 Å². The van der Waals surface area contributed by atoms with Crippen LogP contribution in [0.3, 0.4) is 0 Å². The van der Waals surface area contributed by atoms with Crippen LogP contribution >= 0.6 is 0 Å². The zero-order valence-corrected chi connectivity index (χ0v) is 9.77. The van der Waals surface area contributed by atoms with Gasteiger partial charge >= 0.3 is 0 Å². The van der Waals surface area contributed by atoms with Gasteiger partial charge in [0.2, 0.25) is 0 Å². The molecule has 0 fully saturated rings. The lowest BCUT2D eigenvalue weighted by Gasteiger charge is -2.06. The Balaban J connectivity index is 1.76. The molecule has 4 N–H and O–H groups in total. The quantitative estimate of drug-likeness (QED) is 0.672. The van der Waals surface area contributed by atoms with E-state index in [2.05, 4.69) is 25.5 Å². The smallest absolute Gasteiger partial charge is 0.137 e. The summed E-state index contributed by atoms with van der Waals surface area (Å²) in [6, 6.07) is 3.75. The molecule has 6 nitrogen and oxygen atoms in total. The Hall–Kier alpha value is -2.11. The molecule has 0 spiro atoms. The van der Waals surface area contributed by atoms with Crippen molar-refractivity contribution in [2.45, 2.75) is 19.8 Å². The van der Waals surface area contributed by atoms with E-state index in [9.17, 15) is 0 Å². The molecule has 0 aliphatic heterocycles. The van der Waals surface area contributed by atoms with Crippen LogP contribution in [-0.4, -0.2) is 26.7 Å². The molecule has 0 saturated carbocycles. The van der Waals surface area contributed by atoms with E-state index in [1.165, 1.54) is 6.33 Å². The lowest BCUT2D eigenvalue weighted by Crippen LogP contribution is -2.06. The van der Waals surface area contributed by atoms with Gasteiger partial charge in [-0.1, -0.05) is 0 Å². The monoisotopic (exact) mass is 232 g/mol. The average Bonchev–Trinajstić information content (AvgIpc) is 2.82. The second kappa shape index (κ2) is 5.29. The van der Waals surface area contributed by atoms with E-state index in [0.29, 0.717) is 0 Å². The second-order valence-corrected chi connectivity index (χ2v) is 3.83.